The van der Waals surface area contributed by atoms with Crippen molar-refractivity contribution in [1.82, 2.24) is 5.32 Å². The lowest BCUT2D eigenvalue weighted by Gasteiger charge is -2.09. The minimum atomic E-state index is 1.06. The zero-order valence-electron chi connectivity index (χ0n) is 19.7. The fourth-order valence-electron chi connectivity index (χ4n) is 3.10. The standard InChI is InChI=1S/C28H49N/c1-5-7-8-9-10-11-12-13-14-15-16-17-18-19-22-25-28(4)29-26-23-20-21-24-27(3)6-2/h10-11,13-14,16-17,29H,3-9,12,15,18-26H2,1-2H3/b11-10-,14-13-,17-16-. The Balaban J connectivity index is 3.40. The Kier molecular flexibility index (Phi) is 21.6. The molecule has 1 nitrogen and oxygen atoms in total. The van der Waals surface area contributed by atoms with E-state index in [0.717, 1.165) is 32.2 Å². The highest BCUT2D eigenvalue weighted by atomic mass is 14.9. The first-order chi connectivity index (χ1) is 14.2. The van der Waals surface area contributed by atoms with Crippen LogP contribution in [0.2, 0.25) is 0 Å². The Morgan fingerprint density at radius 2 is 1.24 bits per heavy atom. The van der Waals surface area contributed by atoms with Gasteiger partial charge in [-0.2, -0.15) is 0 Å². The van der Waals surface area contributed by atoms with Gasteiger partial charge in [0.15, 0.2) is 0 Å². The van der Waals surface area contributed by atoms with E-state index in [1.54, 1.807) is 0 Å². The number of nitrogens with one attached hydrogen (secondary N) is 1. The SMILES string of the molecule is C=C(CC)CCCCCNC(=C)CCCC/C=C\C/C=C\C/C=C\CCCCC. The van der Waals surface area contributed by atoms with E-state index in [2.05, 4.69) is 68.8 Å². The third-order valence-electron chi connectivity index (χ3n) is 5.20. The van der Waals surface area contributed by atoms with Crippen LogP contribution in [0.4, 0.5) is 0 Å². The van der Waals surface area contributed by atoms with Crippen LogP contribution in [0.5, 0.6) is 0 Å². The predicted octanol–water partition coefficient (Wildman–Crippen LogP) is 9.21. The van der Waals surface area contributed by atoms with Gasteiger partial charge < -0.3 is 5.32 Å². The summed E-state index contributed by atoms with van der Waals surface area (Å²) >= 11 is 0. The predicted molar refractivity (Wildman–Crippen MR) is 134 cm³/mol. The lowest BCUT2D eigenvalue weighted by Crippen LogP contribution is -2.13. The first kappa shape index (κ1) is 27.5. The van der Waals surface area contributed by atoms with Crippen molar-refractivity contribution in [3.63, 3.8) is 0 Å². The van der Waals surface area contributed by atoms with Gasteiger partial charge in [0, 0.05) is 12.2 Å². The van der Waals surface area contributed by atoms with Gasteiger partial charge in [-0.3, -0.25) is 0 Å². The molecule has 0 atom stereocenters. The largest absolute Gasteiger partial charge is 0.389 e. The minimum absolute atomic E-state index is 1.06. The number of rotatable bonds is 21. The number of unbranched alkanes of at least 4 members (excludes halogenated alkanes) is 7. The number of hydrogen-bond acceptors (Lipinski definition) is 1. The van der Waals surface area contributed by atoms with Crippen LogP contribution >= 0.6 is 0 Å². The maximum atomic E-state index is 4.16. The van der Waals surface area contributed by atoms with Crippen LogP contribution in [-0.4, -0.2) is 6.54 Å². The van der Waals surface area contributed by atoms with E-state index in [1.165, 1.54) is 81.9 Å². The first-order valence-electron chi connectivity index (χ1n) is 12.2. The summed E-state index contributed by atoms with van der Waals surface area (Å²) in [5.41, 5.74) is 2.59. The summed E-state index contributed by atoms with van der Waals surface area (Å²) in [5.74, 6) is 0. The van der Waals surface area contributed by atoms with E-state index in [9.17, 15) is 0 Å². The van der Waals surface area contributed by atoms with Crippen molar-refractivity contribution in [2.75, 3.05) is 6.54 Å². The molecule has 0 saturated carbocycles. The summed E-state index contributed by atoms with van der Waals surface area (Å²) < 4.78 is 0. The molecule has 0 unspecified atom stereocenters. The van der Waals surface area contributed by atoms with E-state index in [4.69, 9.17) is 0 Å². The van der Waals surface area contributed by atoms with E-state index < -0.39 is 0 Å². The molecular weight excluding hydrogens is 350 g/mol. The summed E-state index contributed by atoms with van der Waals surface area (Å²) in [7, 11) is 0. The van der Waals surface area contributed by atoms with Gasteiger partial charge in [-0.05, 0) is 77.0 Å². The maximum absolute atomic E-state index is 4.16. The Labute approximate surface area is 183 Å². The van der Waals surface area contributed by atoms with E-state index >= 15 is 0 Å². The summed E-state index contributed by atoms with van der Waals surface area (Å²) in [5, 5.41) is 3.48. The second-order valence-corrected chi connectivity index (χ2v) is 8.07. The Bertz CT molecular complexity index is 467. The Morgan fingerprint density at radius 1 is 0.655 bits per heavy atom. The van der Waals surface area contributed by atoms with Crippen LogP contribution in [0.25, 0.3) is 0 Å². The topological polar surface area (TPSA) is 12.0 Å². The normalized spacial score (nSPS) is 11.8. The van der Waals surface area contributed by atoms with Crippen molar-refractivity contribution >= 4 is 0 Å². The summed E-state index contributed by atoms with van der Waals surface area (Å²) in [6.45, 7) is 13.7. The lowest BCUT2D eigenvalue weighted by molar-refractivity contribution is 0.617. The van der Waals surface area contributed by atoms with Gasteiger partial charge in [0.2, 0.25) is 0 Å². The van der Waals surface area contributed by atoms with Crippen molar-refractivity contribution in [3.05, 3.63) is 60.9 Å². The quantitative estimate of drug-likeness (QED) is 0.150. The van der Waals surface area contributed by atoms with Crippen molar-refractivity contribution in [1.29, 1.82) is 0 Å². The van der Waals surface area contributed by atoms with Gasteiger partial charge in [-0.15, -0.1) is 0 Å². The molecule has 0 heterocycles. The zero-order chi connectivity index (χ0) is 21.4. The third-order valence-corrected chi connectivity index (χ3v) is 5.20. The lowest BCUT2D eigenvalue weighted by atomic mass is 10.1. The van der Waals surface area contributed by atoms with Gasteiger partial charge >= 0.3 is 0 Å². The zero-order valence-corrected chi connectivity index (χ0v) is 19.7. The molecule has 0 rings (SSSR count). The number of hydrogen-bond donors (Lipinski definition) is 1. The van der Waals surface area contributed by atoms with E-state index in [0.29, 0.717) is 0 Å². The van der Waals surface area contributed by atoms with Crippen molar-refractivity contribution in [3.8, 4) is 0 Å². The van der Waals surface area contributed by atoms with Crippen LogP contribution < -0.4 is 5.32 Å². The molecule has 0 amide bonds. The molecule has 0 aliphatic rings. The van der Waals surface area contributed by atoms with Gasteiger partial charge in [0.25, 0.3) is 0 Å². The van der Waals surface area contributed by atoms with E-state index in [1.807, 2.05) is 0 Å². The maximum Gasteiger partial charge on any atom is 0.0143 e. The first-order valence-corrected chi connectivity index (χ1v) is 12.2. The summed E-state index contributed by atoms with van der Waals surface area (Å²) in [6.07, 6.45) is 32.0. The molecule has 0 aromatic heterocycles. The molecular formula is C28H49N. The molecule has 0 aromatic rings. The average molecular weight is 400 g/mol. The second-order valence-electron chi connectivity index (χ2n) is 8.07. The fraction of sp³-hybridized carbons (Fsp3) is 0.643. The van der Waals surface area contributed by atoms with Gasteiger partial charge in [-0.25, -0.2) is 0 Å². The van der Waals surface area contributed by atoms with Crippen LogP contribution in [0.3, 0.4) is 0 Å². The van der Waals surface area contributed by atoms with E-state index in [-0.39, 0.29) is 0 Å². The second kappa shape index (κ2) is 22.8. The molecule has 0 saturated heterocycles. The minimum Gasteiger partial charge on any atom is -0.389 e. The molecule has 0 aliphatic heterocycles. The molecule has 0 aromatic carbocycles. The van der Waals surface area contributed by atoms with Crippen molar-refractivity contribution in [2.45, 2.75) is 110 Å². The van der Waals surface area contributed by atoms with Crippen molar-refractivity contribution in [2.24, 2.45) is 0 Å². The smallest absolute Gasteiger partial charge is 0.0143 e. The van der Waals surface area contributed by atoms with Gasteiger partial charge in [0.1, 0.15) is 0 Å². The molecule has 0 spiro atoms. The molecule has 166 valence electrons. The fourth-order valence-corrected chi connectivity index (χ4v) is 3.10. The monoisotopic (exact) mass is 399 g/mol. The van der Waals surface area contributed by atoms with Crippen molar-refractivity contribution < 1.29 is 0 Å². The average Bonchev–Trinajstić information content (AvgIpc) is 2.73. The highest BCUT2D eigenvalue weighted by Gasteiger charge is 1.95. The van der Waals surface area contributed by atoms with Crippen LogP contribution in [0.1, 0.15) is 110 Å². The number of allylic oxidation sites excluding steroid dienone is 8. The molecule has 0 radical (unpaired) electrons. The molecule has 1 heteroatoms. The van der Waals surface area contributed by atoms with Crippen LogP contribution in [0, 0.1) is 0 Å². The Morgan fingerprint density at radius 3 is 1.86 bits per heavy atom. The molecule has 0 bridgehead atoms. The van der Waals surface area contributed by atoms with Crippen LogP contribution in [0.15, 0.2) is 60.9 Å². The van der Waals surface area contributed by atoms with Gasteiger partial charge in [-0.1, -0.05) is 88.3 Å². The molecule has 1 N–H and O–H groups in total. The summed E-state index contributed by atoms with van der Waals surface area (Å²) in [6, 6.07) is 0. The molecule has 0 aliphatic carbocycles. The molecule has 0 fully saturated rings. The Hall–Kier alpha value is -1.50. The van der Waals surface area contributed by atoms with Gasteiger partial charge in [0.05, 0.1) is 0 Å². The highest BCUT2D eigenvalue weighted by molar-refractivity contribution is 4.97. The van der Waals surface area contributed by atoms with Crippen LogP contribution in [-0.2, 0) is 0 Å². The highest BCUT2D eigenvalue weighted by Crippen LogP contribution is 2.10. The summed E-state index contributed by atoms with van der Waals surface area (Å²) in [4.78, 5) is 0. The molecule has 29 heavy (non-hydrogen) atoms. The third kappa shape index (κ3) is 22.7.